The van der Waals surface area contributed by atoms with Crippen LogP contribution in [-0.4, -0.2) is 18.1 Å². The number of nitrogens with one attached hydrogen (secondary N) is 2. The number of urea groups is 1. The van der Waals surface area contributed by atoms with Gasteiger partial charge in [-0.3, -0.25) is 5.32 Å². The van der Waals surface area contributed by atoms with Gasteiger partial charge in [0.25, 0.3) is 0 Å². The van der Waals surface area contributed by atoms with Gasteiger partial charge >= 0.3 is 6.03 Å². The van der Waals surface area contributed by atoms with E-state index in [0.717, 1.165) is 10.2 Å². The van der Waals surface area contributed by atoms with Crippen molar-refractivity contribution in [2.45, 2.75) is 0 Å². The highest BCUT2D eigenvalue weighted by atomic mass is 35.5. The van der Waals surface area contributed by atoms with Gasteiger partial charge < -0.3 is 5.32 Å². The summed E-state index contributed by atoms with van der Waals surface area (Å²) in [6, 6.07) is 5.14. The van der Waals surface area contributed by atoms with Gasteiger partial charge in [-0.05, 0) is 18.2 Å². The molecule has 2 rings (SSSR count). The van der Waals surface area contributed by atoms with Crippen LogP contribution >= 0.6 is 22.9 Å². The van der Waals surface area contributed by atoms with Crippen molar-refractivity contribution in [3.63, 3.8) is 0 Å². The minimum atomic E-state index is -0.278. The van der Waals surface area contributed by atoms with E-state index >= 15 is 0 Å². The Kier molecular flexibility index (Phi) is 2.75. The number of carbonyl (C=O) groups excluding carboxylic acids is 1. The lowest BCUT2D eigenvalue weighted by molar-refractivity contribution is 0.254. The number of hydrogen-bond donors (Lipinski definition) is 2. The summed E-state index contributed by atoms with van der Waals surface area (Å²) in [5.41, 5.74) is 0.829. The van der Waals surface area contributed by atoms with Crippen LogP contribution in [0.5, 0.6) is 0 Å². The first-order chi connectivity index (χ1) is 7.19. The number of aromatic nitrogens is 1. The molecule has 2 aromatic rings. The molecule has 1 aromatic heterocycles. The summed E-state index contributed by atoms with van der Waals surface area (Å²) < 4.78 is 0.953. The molecule has 4 nitrogen and oxygen atoms in total. The van der Waals surface area contributed by atoms with Crippen LogP contribution in [0.1, 0.15) is 0 Å². The standard InChI is InChI=1S/C9H8ClN3OS/c1-11-8(14)13-9-12-6-3-2-5(10)4-7(6)15-9/h2-4H,1H3,(H2,11,12,13,14). The molecule has 0 saturated carbocycles. The van der Waals surface area contributed by atoms with Gasteiger partial charge in [0, 0.05) is 12.1 Å². The van der Waals surface area contributed by atoms with Crippen molar-refractivity contribution >= 4 is 44.3 Å². The van der Waals surface area contributed by atoms with Crippen molar-refractivity contribution < 1.29 is 4.79 Å². The highest BCUT2D eigenvalue weighted by Gasteiger charge is 2.06. The number of rotatable bonds is 1. The molecule has 78 valence electrons. The first kappa shape index (κ1) is 10.2. The minimum Gasteiger partial charge on any atom is -0.341 e. The first-order valence-electron chi connectivity index (χ1n) is 4.24. The number of anilines is 1. The predicted octanol–water partition coefficient (Wildman–Crippen LogP) is 2.70. The van der Waals surface area contributed by atoms with Crippen LogP contribution < -0.4 is 10.6 Å². The lowest BCUT2D eigenvalue weighted by Gasteiger charge is -1.97. The summed E-state index contributed by atoms with van der Waals surface area (Å²) in [4.78, 5) is 15.3. The molecule has 0 bridgehead atoms. The summed E-state index contributed by atoms with van der Waals surface area (Å²) in [6.07, 6.45) is 0. The molecule has 2 N–H and O–H groups in total. The Bertz CT molecular complexity index is 511. The smallest absolute Gasteiger partial charge is 0.320 e. The Labute approximate surface area is 95.3 Å². The molecule has 1 heterocycles. The zero-order valence-electron chi connectivity index (χ0n) is 7.87. The molecule has 0 aliphatic carbocycles. The largest absolute Gasteiger partial charge is 0.341 e. The zero-order chi connectivity index (χ0) is 10.8. The second-order valence-corrected chi connectivity index (χ2v) is 4.30. The van der Waals surface area contributed by atoms with E-state index in [1.807, 2.05) is 12.1 Å². The maximum atomic E-state index is 11.0. The predicted molar refractivity (Wildman–Crippen MR) is 62.7 cm³/mol. The molecule has 0 saturated heterocycles. The molecule has 2 amide bonds. The minimum absolute atomic E-state index is 0.278. The van der Waals surface area contributed by atoms with Crippen molar-refractivity contribution in [3.8, 4) is 0 Å². The van der Waals surface area contributed by atoms with Crippen LogP contribution in [0.4, 0.5) is 9.93 Å². The van der Waals surface area contributed by atoms with Crippen LogP contribution in [0, 0.1) is 0 Å². The Morgan fingerprint density at radius 3 is 3.07 bits per heavy atom. The molecular weight excluding hydrogens is 234 g/mol. The fourth-order valence-corrected chi connectivity index (χ4v) is 2.25. The fraction of sp³-hybridized carbons (Fsp3) is 0.111. The van der Waals surface area contributed by atoms with Gasteiger partial charge in [-0.15, -0.1) is 0 Å². The Morgan fingerprint density at radius 1 is 1.53 bits per heavy atom. The summed E-state index contributed by atoms with van der Waals surface area (Å²) in [6.45, 7) is 0. The third-order valence-electron chi connectivity index (χ3n) is 1.80. The van der Waals surface area contributed by atoms with Gasteiger partial charge in [-0.25, -0.2) is 9.78 Å². The van der Waals surface area contributed by atoms with Gasteiger partial charge in [0.15, 0.2) is 5.13 Å². The lowest BCUT2D eigenvalue weighted by Crippen LogP contribution is -2.24. The normalized spacial score (nSPS) is 10.3. The SMILES string of the molecule is CNC(=O)Nc1nc2ccc(Cl)cc2s1. The molecule has 0 atom stereocenters. The highest BCUT2D eigenvalue weighted by molar-refractivity contribution is 7.22. The van der Waals surface area contributed by atoms with Gasteiger partial charge in [0.1, 0.15) is 0 Å². The lowest BCUT2D eigenvalue weighted by atomic mass is 10.3. The molecule has 0 spiro atoms. The number of thiazole rings is 1. The molecule has 15 heavy (non-hydrogen) atoms. The fourth-order valence-electron chi connectivity index (χ4n) is 1.11. The van der Waals surface area contributed by atoms with E-state index in [0.29, 0.717) is 10.2 Å². The number of amides is 2. The molecule has 0 radical (unpaired) electrons. The number of nitrogens with zero attached hydrogens (tertiary/aromatic N) is 1. The van der Waals surface area contributed by atoms with Crippen LogP contribution in [0.3, 0.4) is 0 Å². The number of hydrogen-bond acceptors (Lipinski definition) is 3. The van der Waals surface area contributed by atoms with Crippen molar-refractivity contribution in [1.29, 1.82) is 0 Å². The molecule has 0 aliphatic rings. The van der Waals surface area contributed by atoms with E-state index in [1.165, 1.54) is 11.3 Å². The number of fused-ring (bicyclic) bond motifs is 1. The van der Waals surface area contributed by atoms with Crippen molar-refractivity contribution in [1.82, 2.24) is 10.3 Å². The van der Waals surface area contributed by atoms with E-state index in [1.54, 1.807) is 13.1 Å². The summed E-state index contributed by atoms with van der Waals surface area (Å²) in [5, 5.41) is 6.30. The number of benzene rings is 1. The topological polar surface area (TPSA) is 54.0 Å². The van der Waals surface area contributed by atoms with Gasteiger partial charge in [0.2, 0.25) is 0 Å². The van der Waals surface area contributed by atoms with E-state index < -0.39 is 0 Å². The van der Waals surface area contributed by atoms with Crippen LogP contribution in [0.2, 0.25) is 5.02 Å². The zero-order valence-corrected chi connectivity index (χ0v) is 9.45. The number of carbonyl (C=O) groups is 1. The van der Waals surface area contributed by atoms with Crippen LogP contribution in [0.25, 0.3) is 10.2 Å². The molecule has 0 unspecified atom stereocenters. The van der Waals surface area contributed by atoms with Crippen molar-refractivity contribution in [2.24, 2.45) is 0 Å². The van der Waals surface area contributed by atoms with Gasteiger partial charge in [-0.2, -0.15) is 0 Å². The average Bonchev–Trinajstić information content (AvgIpc) is 2.59. The quantitative estimate of drug-likeness (QED) is 0.807. The summed E-state index contributed by atoms with van der Waals surface area (Å²) >= 11 is 7.23. The summed E-state index contributed by atoms with van der Waals surface area (Å²) in [7, 11) is 1.56. The first-order valence-corrected chi connectivity index (χ1v) is 5.43. The molecule has 1 aromatic carbocycles. The van der Waals surface area contributed by atoms with Crippen molar-refractivity contribution in [2.75, 3.05) is 12.4 Å². The maximum Gasteiger partial charge on any atom is 0.320 e. The Hall–Kier alpha value is -1.33. The third-order valence-corrected chi connectivity index (χ3v) is 2.97. The van der Waals surface area contributed by atoms with E-state index in [4.69, 9.17) is 11.6 Å². The van der Waals surface area contributed by atoms with E-state index in [2.05, 4.69) is 15.6 Å². The van der Waals surface area contributed by atoms with Crippen LogP contribution in [0.15, 0.2) is 18.2 Å². The van der Waals surface area contributed by atoms with E-state index in [-0.39, 0.29) is 6.03 Å². The monoisotopic (exact) mass is 241 g/mol. The second-order valence-electron chi connectivity index (χ2n) is 2.84. The Morgan fingerprint density at radius 2 is 2.33 bits per heavy atom. The van der Waals surface area contributed by atoms with Gasteiger partial charge in [-0.1, -0.05) is 22.9 Å². The maximum absolute atomic E-state index is 11.0. The molecule has 0 aliphatic heterocycles. The van der Waals surface area contributed by atoms with Gasteiger partial charge in [0.05, 0.1) is 10.2 Å². The van der Waals surface area contributed by atoms with Crippen LogP contribution in [-0.2, 0) is 0 Å². The third kappa shape index (κ3) is 2.19. The van der Waals surface area contributed by atoms with E-state index in [9.17, 15) is 4.79 Å². The Balaban J connectivity index is 2.34. The second kappa shape index (κ2) is 4.04. The molecular formula is C9H8ClN3OS. The molecule has 0 fully saturated rings. The van der Waals surface area contributed by atoms with Crippen molar-refractivity contribution in [3.05, 3.63) is 23.2 Å². The summed E-state index contributed by atoms with van der Waals surface area (Å²) in [5.74, 6) is 0. The average molecular weight is 242 g/mol. The highest BCUT2D eigenvalue weighted by Crippen LogP contribution is 2.27. The number of halogens is 1. The molecule has 6 heteroatoms.